The Bertz CT molecular complexity index is 309. The summed E-state index contributed by atoms with van der Waals surface area (Å²) in [7, 11) is 1.82. The van der Waals surface area contributed by atoms with Crippen molar-refractivity contribution in [2.75, 3.05) is 26.7 Å². The van der Waals surface area contributed by atoms with Crippen molar-refractivity contribution in [1.29, 1.82) is 0 Å². The van der Waals surface area contributed by atoms with Gasteiger partial charge in [0.05, 0.1) is 4.99 Å². The average molecular weight is 271 g/mol. The predicted molar refractivity (Wildman–Crippen MR) is 78.5 cm³/mol. The maximum absolute atomic E-state index is 11.9. The molecular formula is C13H25N3OS. The van der Waals surface area contributed by atoms with Crippen LogP contribution in [0.25, 0.3) is 0 Å². The summed E-state index contributed by atoms with van der Waals surface area (Å²) in [5, 5.41) is 0. The SMILES string of the molecule is CC1CC(C)N(CCC(=O)N(C)CCC(N)=S)C1. The summed E-state index contributed by atoms with van der Waals surface area (Å²) in [4.78, 5) is 16.5. The van der Waals surface area contributed by atoms with Crippen LogP contribution in [-0.2, 0) is 4.79 Å². The van der Waals surface area contributed by atoms with Gasteiger partial charge in [0, 0.05) is 45.6 Å². The van der Waals surface area contributed by atoms with Crippen LogP contribution in [0.4, 0.5) is 0 Å². The van der Waals surface area contributed by atoms with Crippen LogP contribution in [0.15, 0.2) is 0 Å². The smallest absolute Gasteiger partial charge is 0.223 e. The Morgan fingerprint density at radius 2 is 2.11 bits per heavy atom. The van der Waals surface area contributed by atoms with Gasteiger partial charge in [0.15, 0.2) is 0 Å². The normalized spacial score (nSPS) is 24.2. The average Bonchev–Trinajstić information content (AvgIpc) is 2.61. The van der Waals surface area contributed by atoms with Gasteiger partial charge in [-0.05, 0) is 19.3 Å². The van der Waals surface area contributed by atoms with E-state index in [-0.39, 0.29) is 5.91 Å². The molecule has 1 rings (SSSR count). The van der Waals surface area contributed by atoms with E-state index in [1.807, 2.05) is 7.05 Å². The molecule has 0 aromatic heterocycles. The van der Waals surface area contributed by atoms with Crippen LogP contribution < -0.4 is 5.73 Å². The lowest BCUT2D eigenvalue weighted by Crippen LogP contribution is -2.35. The van der Waals surface area contributed by atoms with Gasteiger partial charge < -0.3 is 10.6 Å². The molecule has 4 nitrogen and oxygen atoms in total. The first-order chi connectivity index (χ1) is 8.40. The largest absolute Gasteiger partial charge is 0.393 e. The van der Waals surface area contributed by atoms with Crippen molar-refractivity contribution in [2.24, 2.45) is 11.7 Å². The maximum Gasteiger partial charge on any atom is 0.223 e. The van der Waals surface area contributed by atoms with Gasteiger partial charge in [-0.25, -0.2) is 0 Å². The summed E-state index contributed by atoms with van der Waals surface area (Å²) in [5.41, 5.74) is 5.43. The number of carbonyl (C=O) groups is 1. The van der Waals surface area contributed by atoms with Crippen LogP contribution in [0, 0.1) is 5.92 Å². The van der Waals surface area contributed by atoms with Gasteiger partial charge in [-0.1, -0.05) is 19.1 Å². The molecule has 0 aromatic carbocycles. The fourth-order valence-corrected chi connectivity index (χ4v) is 2.62. The standard InChI is InChI=1S/C13H25N3OS/c1-10-8-11(2)16(9-10)7-5-13(17)15(3)6-4-12(14)18/h10-11H,4-9H2,1-3H3,(H2,14,18). The van der Waals surface area contributed by atoms with Crippen LogP contribution >= 0.6 is 12.2 Å². The number of nitrogens with zero attached hydrogens (tertiary/aromatic N) is 2. The molecule has 5 heteroatoms. The van der Waals surface area contributed by atoms with Crippen LogP contribution in [0.5, 0.6) is 0 Å². The molecule has 1 fully saturated rings. The number of nitrogens with two attached hydrogens (primary N) is 1. The lowest BCUT2D eigenvalue weighted by Gasteiger charge is -2.23. The summed E-state index contributed by atoms with van der Waals surface area (Å²) in [5.74, 6) is 0.931. The summed E-state index contributed by atoms with van der Waals surface area (Å²) in [6.07, 6.45) is 2.44. The molecule has 1 heterocycles. The highest BCUT2D eigenvalue weighted by molar-refractivity contribution is 7.80. The molecule has 1 amide bonds. The van der Waals surface area contributed by atoms with Gasteiger partial charge in [-0.3, -0.25) is 9.69 Å². The molecule has 2 atom stereocenters. The van der Waals surface area contributed by atoms with E-state index in [0.29, 0.717) is 30.4 Å². The van der Waals surface area contributed by atoms with E-state index in [2.05, 4.69) is 18.7 Å². The minimum absolute atomic E-state index is 0.179. The summed E-state index contributed by atoms with van der Waals surface area (Å²) in [6.45, 7) is 7.12. The third-order valence-corrected chi connectivity index (χ3v) is 3.85. The summed E-state index contributed by atoms with van der Waals surface area (Å²) in [6, 6.07) is 0.606. The molecule has 1 saturated heterocycles. The minimum atomic E-state index is 0.179. The number of amides is 1. The molecule has 1 aliphatic rings. The highest BCUT2D eigenvalue weighted by Crippen LogP contribution is 2.22. The van der Waals surface area contributed by atoms with Crippen molar-refractivity contribution >= 4 is 23.1 Å². The Balaban J connectivity index is 2.26. The first-order valence-electron chi connectivity index (χ1n) is 6.66. The first kappa shape index (κ1) is 15.4. The second-order valence-electron chi connectivity index (χ2n) is 5.47. The molecule has 0 aliphatic carbocycles. The monoisotopic (exact) mass is 271 g/mol. The molecule has 0 aromatic rings. The number of thiocarbonyl (C=S) groups is 1. The fourth-order valence-electron chi connectivity index (χ4n) is 2.53. The molecule has 0 radical (unpaired) electrons. The van der Waals surface area contributed by atoms with Gasteiger partial charge in [0.25, 0.3) is 0 Å². The number of hydrogen-bond acceptors (Lipinski definition) is 3. The zero-order chi connectivity index (χ0) is 13.7. The second kappa shape index (κ2) is 7.04. The van der Waals surface area contributed by atoms with Crippen molar-refractivity contribution in [2.45, 2.75) is 39.2 Å². The Labute approximate surface area is 115 Å². The van der Waals surface area contributed by atoms with Crippen LogP contribution in [-0.4, -0.2) is 53.4 Å². The lowest BCUT2D eigenvalue weighted by atomic mass is 10.1. The van der Waals surface area contributed by atoms with Gasteiger partial charge in [-0.2, -0.15) is 0 Å². The number of carbonyl (C=O) groups excluding carboxylic acids is 1. The van der Waals surface area contributed by atoms with Gasteiger partial charge in [-0.15, -0.1) is 0 Å². The number of hydrogen-bond donors (Lipinski definition) is 1. The fraction of sp³-hybridized carbons (Fsp3) is 0.846. The van der Waals surface area contributed by atoms with E-state index in [1.54, 1.807) is 4.90 Å². The highest BCUT2D eigenvalue weighted by atomic mass is 32.1. The maximum atomic E-state index is 11.9. The third kappa shape index (κ3) is 4.90. The Hall–Kier alpha value is -0.680. The highest BCUT2D eigenvalue weighted by Gasteiger charge is 2.26. The van der Waals surface area contributed by atoms with E-state index in [0.717, 1.165) is 19.0 Å². The molecule has 104 valence electrons. The molecule has 1 aliphatic heterocycles. The van der Waals surface area contributed by atoms with Crippen LogP contribution in [0.2, 0.25) is 0 Å². The molecule has 0 saturated carbocycles. The first-order valence-corrected chi connectivity index (χ1v) is 7.07. The molecular weight excluding hydrogens is 246 g/mol. The van der Waals surface area contributed by atoms with E-state index >= 15 is 0 Å². The summed E-state index contributed by atoms with van der Waals surface area (Å²) >= 11 is 4.81. The number of likely N-dealkylation sites (tertiary alicyclic amines) is 1. The number of rotatable bonds is 6. The van der Waals surface area contributed by atoms with Crippen molar-refractivity contribution in [3.63, 3.8) is 0 Å². The Morgan fingerprint density at radius 1 is 1.44 bits per heavy atom. The van der Waals surface area contributed by atoms with E-state index < -0.39 is 0 Å². The molecule has 2 unspecified atom stereocenters. The molecule has 0 spiro atoms. The van der Waals surface area contributed by atoms with E-state index in [1.165, 1.54) is 6.42 Å². The van der Waals surface area contributed by atoms with Gasteiger partial charge in [0.1, 0.15) is 0 Å². The zero-order valence-electron chi connectivity index (χ0n) is 11.7. The summed E-state index contributed by atoms with van der Waals surface area (Å²) < 4.78 is 0. The topological polar surface area (TPSA) is 49.6 Å². The van der Waals surface area contributed by atoms with Gasteiger partial charge in [0.2, 0.25) is 5.91 Å². The van der Waals surface area contributed by atoms with Crippen molar-refractivity contribution < 1.29 is 4.79 Å². The van der Waals surface area contributed by atoms with Crippen molar-refractivity contribution in [3.8, 4) is 0 Å². The van der Waals surface area contributed by atoms with Crippen LogP contribution in [0.3, 0.4) is 0 Å². The van der Waals surface area contributed by atoms with Gasteiger partial charge >= 0.3 is 0 Å². The minimum Gasteiger partial charge on any atom is -0.393 e. The lowest BCUT2D eigenvalue weighted by molar-refractivity contribution is -0.130. The third-order valence-electron chi connectivity index (χ3n) is 3.65. The Morgan fingerprint density at radius 3 is 2.61 bits per heavy atom. The van der Waals surface area contributed by atoms with E-state index in [4.69, 9.17) is 18.0 Å². The second-order valence-corrected chi connectivity index (χ2v) is 5.99. The van der Waals surface area contributed by atoms with E-state index in [9.17, 15) is 4.79 Å². The molecule has 0 bridgehead atoms. The predicted octanol–water partition coefficient (Wildman–Crippen LogP) is 1.24. The van der Waals surface area contributed by atoms with Crippen LogP contribution in [0.1, 0.15) is 33.1 Å². The Kier molecular flexibility index (Phi) is 6.02. The van der Waals surface area contributed by atoms with Crippen molar-refractivity contribution in [3.05, 3.63) is 0 Å². The quantitative estimate of drug-likeness (QED) is 0.739. The molecule has 18 heavy (non-hydrogen) atoms. The van der Waals surface area contributed by atoms with Crippen molar-refractivity contribution in [1.82, 2.24) is 9.80 Å². The molecule has 2 N–H and O–H groups in total. The zero-order valence-corrected chi connectivity index (χ0v) is 12.5.